The first-order chi connectivity index (χ1) is 6.18. The lowest BCUT2D eigenvalue weighted by Gasteiger charge is -1.96. The van der Waals surface area contributed by atoms with E-state index in [2.05, 4.69) is 16.6 Å². The first kappa shape index (κ1) is 12.2. The van der Waals surface area contributed by atoms with Crippen molar-refractivity contribution in [3.63, 3.8) is 0 Å². The molecule has 0 aromatic rings. The van der Waals surface area contributed by atoms with Gasteiger partial charge in [-0.3, -0.25) is 0 Å². The van der Waals surface area contributed by atoms with Crippen molar-refractivity contribution in [3.8, 4) is 0 Å². The van der Waals surface area contributed by atoms with Crippen LogP contribution in [-0.2, 0) is 9.53 Å². The third-order valence-electron chi connectivity index (χ3n) is 1.58. The molecule has 13 heavy (non-hydrogen) atoms. The van der Waals surface area contributed by atoms with Crippen molar-refractivity contribution in [2.45, 2.75) is 26.7 Å². The summed E-state index contributed by atoms with van der Waals surface area (Å²) in [5, 5.41) is 3.22. The van der Waals surface area contributed by atoms with Crippen LogP contribution in [0.1, 0.15) is 26.7 Å². The fourth-order valence-corrected chi connectivity index (χ4v) is 0.879. The van der Waals surface area contributed by atoms with E-state index in [0.717, 1.165) is 0 Å². The van der Waals surface area contributed by atoms with Crippen molar-refractivity contribution >= 4 is 5.97 Å². The molecular formula is C10H19NO2. The van der Waals surface area contributed by atoms with Gasteiger partial charge in [0.1, 0.15) is 0 Å². The van der Waals surface area contributed by atoms with Crippen molar-refractivity contribution < 1.29 is 9.53 Å². The molecule has 0 radical (unpaired) electrons. The minimum Gasteiger partial charge on any atom is -0.463 e. The van der Waals surface area contributed by atoms with E-state index >= 15 is 0 Å². The molecule has 1 aliphatic rings. The molecule has 1 rings (SSSR count). The second-order valence-electron chi connectivity index (χ2n) is 2.96. The topological polar surface area (TPSA) is 38.3 Å². The van der Waals surface area contributed by atoms with Crippen LogP contribution in [0.15, 0.2) is 12.2 Å². The maximum atomic E-state index is 10.4. The van der Waals surface area contributed by atoms with Gasteiger partial charge < -0.3 is 10.1 Å². The van der Waals surface area contributed by atoms with Gasteiger partial charge >= 0.3 is 5.97 Å². The van der Waals surface area contributed by atoms with Crippen molar-refractivity contribution in [1.29, 1.82) is 0 Å². The molecule has 1 saturated heterocycles. The molecule has 3 nitrogen and oxygen atoms in total. The van der Waals surface area contributed by atoms with Gasteiger partial charge in [-0.1, -0.05) is 6.58 Å². The van der Waals surface area contributed by atoms with Gasteiger partial charge in [0, 0.05) is 5.57 Å². The maximum absolute atomic E-state index is 10.4. The highest BCUT2D eigenvalue weighted by atomic mass is 16.5. The molecule has 1 aliphatic heterocycles. The predicted octanol–water partition coefficient (Wildman–Crippen LogP) is 1.50. The average molecular weight is 185 g/mol. The molecular weight excluding hydrogens is 166 g/mol. The molecule has 0 saturated carbocycles. The Morgan fingerprint density at radius 3 is 2.15 bits per heavy atom. The van der Waals surface area contributed by atoms with Crippen molar-refractivity contribution in [3.05, 3.63) is 12.2 Å². The van der Waals surface area contributed by atoms with Crippen LogP contribution in [0.3, 0.4) is 0 Å². The van der Waals surface area contributed by atoms with Crippen molar-refractivity contribution in [1.82, 2.24) is 5.32 Å². The quantitative estimate of drug-likeness (QED) is 0.523. The Balaban J connectivity index is 0.000000243. The first-order valence-corrected chi connectivity index (χ1v) is 4.71. The van der Waals surface area contributed by atoms with Gasteiger partial charge in [-0.2, -0.15) is 0 Å². The zero-order valence-corrected chi connectivity index (χ0v) is 8.56. The number of ether oxygens (including phenoxy) is 1. The molecule has 0 spiro atoms. The standard InChI is InChI=1S/C6H10O2.C4H9N/c1-4-8-6(7)5(2)3;1-2-4-5-3-1/h2,4H2,1,3H3;5H,1-4H2. The molecule has 3 heteroatoms. The zero-order valence-electron chi connectivity index (χ0n) is 8.56. The summed E-state index contributed by atoms with van der Waals surface area (Å²) in [4.78, 5) is 10.4. The van der Waals surface area contributed by atoms with Gasteiger partial charge in [0.05, 0.1) is 6.61 Å². The molecule has 0 aromatic heterocycles. The maximum Gasteiger partial charge on any atom is 0.333 e. The molecule has 0 amide bonds. The molecule has 0 aliphatic carbocycles. The van der Waals surface area contributed by atoms with E-state index in [1.54, 1.807) is 13.8 Å². The fourth-order valence-electron chi connectivity index (χ4n) is 0.879. The molecule has 0 unspecified atom stereocenters. The Bertz CT molecular complexity index is 155. The summed E-state index contributed by atoms with van der Waals surface area (Å²) in [6.45, 7) is 9.71. The minimum atomic E-state index is -0.312. The van der Waals surface area contributed by atoms with Crippen LogP contribution in [-0.4, -0.2) is 25.7 Å². The molecule has 0 atom stereocenters. The molecule has 1 fully saturated rings. The van der Waals surface area contributed by atoms with E-state index in [0.29, 0.717) is 12.2 Å². The van der Waals surface area contributed by atoms with Crippen molar-refractivity contribution in [2.75, 3.05) is 19.7 Å². The smallest absolute Gasteiger partial charge is 0.333 e. The Kier molecular flexibility index (Phi) is 7.30. The molecule has 76 valence electrons. The summed E-state index contributed by atoms with van der Waals surface area (Å²) >= 11 is 0. The summed E-state index contributed by atoms with van der Waals surface area (Å²) in [6.07, 6.45) is 2.78. The third kappa shape index (κ3) is 7.53. The van der Waals surface area contributed by atoms with E-state index in [1.165, 1.54) is 25.9 Å². The number of esters is 1. The van der Waals surface area contributed by atoms with Crippen LogP contribution in [0, 0.1) is 0 Å². The Morgan fingerprint density at radius 1 is 1.46 bits per heavy atom. The molecule has 0 aromatic carbocycles. The number of carbonyl (C=O) groups excluding carboxylic acids is 1. The number of carbonyl (C=O) groups is 1. The van der Waals surface area contributed by atoms with E-state index in [9.17, 15) is 4.79 Å². The van der Waals surface area contributed by atoms with Crippen LogP contribution in [0.25, 0.3) is 0 Å². The summed E-state index contributed by atoms with van der Waals surface area (Å²) in [6, 6.07) is 0. The lowest BCUT2D eigenvalue weighted by Crippen LogP contribution is -2.03. The Morgan fingerprint density at radius 2 is 2.00 bits per heavy atom. The van der Waals surface area contributed by atoms with Crippen LogP contribution < -0.4 is 5.32 Å². The second kappa shape index (κ2) is 7.80. The minimum absolute atomic E-state index is 0.312. The van der Waals surface area contributed by atoms with Gasteiger partial charge in [0.25, 0.3) is 0 Å². The van der Waals surface area contributed by atoms with E-state index < -0.39 is 0 Å². The van der Waals surface area contributed by atoms with Gasteiger partial charge in [-0.15, -0.1) is 0 Å². The molecule has 1 heterocycles. The van der Waals surface area contributed by atoms with Gasteiger partial charge in [0.15, 0.2) is 0 Å². The van der Waals surface area contributed by atoms with Crippen LogP contribution in [0.5, 0.6) is 0 Å². The summed E-state index contributed by atoms with van der Waals surface area (Å²) in [7, 11) is 0. The highest BCUT2D eigenvalue weighted by Gasteiger charge is 1.98. The van der Waals surface area contributed by atoms with Gasteiger partial charge in [0.2, 0.25) is 0 Å². The number of rotatable bonds is 2. The first-order valence-electron chi connectivity index (χ1n) is 4.71. The van der Waals surface area contributed by atoms with E-state index in [1.807, 2.05) is 0 Å². The lowest BCUT2D eigenvalue weighted by molar-refractivity contribution is -0.138. The number of hydrogen-bond donors (Lipinski definition) is 1. The largest absolute Gasteiger partial charge is 0.463 e. The summed E-state index contributed by atoms with van der Waals surface area (Å²) in [5.74, 6) is -0.312. The normalized spacial score (nSPS) is 14.3. The zero-order chi connectivity index (χ0) is 10.1. The van der Waals surface area contributed by atoms with Gasteiger partial charge in [-0.25, -0.2) is 4.79 Å². The van der Waals surface area contributed by atoms with E-state index in [-0.39, 0.29) is 5.97 Å². The van der Waals surface area contributed by atoms with Crippen LogP contribution >= 0.6 is 0 Å². The SMILES string of the molecule is C1CCNC1.C=C(C)C(=O)OCC. The monoisotopic (exact) mass is 185 g/mol. The number of nitrogens with one attached hydrogen (secondary N) is 1. The van der Waals surface area contributed by atoms with Crippen LogP contribution in [0.2, 0.25) is 0 Å². The van der Waals surface area contributed by atoms with Crippen LogP contribution in [0.4, 0.5) is 0 Å². The third-order valence-corrected chi connectivity index (χ3v) is 1.58. The fraction of sp³-hybridized carbons (Fsp3) is 0.700. The highest BCUT2D eigenvalue weighted by Crippen LogP contribution is 1.90. The van der Waals surface area contributed by atoms with Gasteiger partial charge in [-0.05, 0) is 39.8 Å². The Labute approximate surface area is 80.2 Å². The lowest BCUT2D eigenvalue weighted by atomic mass is 10.4. The average Bonchev–Trinajstić information content (AvgIpc) is 2.61. The summed E-state index contributed by atoms with van der Waals surface area (Å²) in [5.41, 5.74) is 0.451. The highest BCUT2D eigenvalue weighted by molar-refractivity contribution is 5.86. The molecule has 1 N–H and O–H groups in total. The predicted molar refractivity (Wildman–Crippen MR) is 53.6 cm³/mol. The second-order valence-corrected chi connectivity index (χ2v) is 2.96. The number of hydrogen-bond acceptors (Lipinski definition) is 3. The Hall–Kier alpha value is -0.830. The van der Waals surface area contributed by atoms with Crippen molar-refractivity contribution in [2.24, 2.45) is 0 Å². The molecule has 0 bridgehead atoms. The van der Waals surface area contributed by atoms with E-state index in [4.69, 9.17) is 0 Å². The summed E-state index contributed by atoms with van der Waals surface area (Å²) < 4.78 is 4.56.